The fraction of sp³-hybridized carbons (Fsp3) is 0.200. The second-order valence-electron chi connectivity index (χ2n) is 26.9. The zero-order valence-electron chi connectivity index (χ0n) is 68.5. The van der Waals surface area contributed by atoms with Crippen LogP contribution < -0.4 is 38.2 Å². The number of hydrogen-bond acceptors (Lipinski definition) is 24. The summed E-state index contributed by atoms with van der Waals surface area (Å²) in [5.41, 5.74) is 16.7. The molecule has 0 bridgehead atoms. The van der Waals surface area contributed by atoms with Gasteiger partial charge in [0, 0.05) is 137 Å². The lowest BCUT2D eigenvalue weighted by atomic mass is 10.1. The average molecular weight is 1960 g/mol. The Morgan fingerprint density at radius 3 is 1.37 bits per heavy atom. The SMILES string of the molecule is CN1CCN(c2nc3ccc(Cl)cc3c3nc(Cc4ccccc4)nn23)CC1.CN1CCNCC1.CN=P.COC(=O)Cl.COC(=O)Nc1ccc(Cl)cc1C#N.Clc1ccc2nc(Cl)n3nc(Cc4ccccc4)nc3c2c1.N#Cc1cc(Cl)ccc1N.NNC(=O)Cc1ccccc1.O=P(Cl)(Cl)Cl.O=c1[nH]c2ccc(Cl)cc2c2nc(Cc3ccccc3)nn12. The second kappa shape index (κ2) is 51.8. The molecule has 0 aliphatic carbocycles. The number of carbonyl (C=O) groups is 3. The highest BCUT2D eigenvalue weighted by molar-refractivity contribution is 8.24. The van der Waals surface area contributed by atoms with Crippen molar-refractivity contribution in [1.82, 2.24) is 79.3 Å². The van der Waals surface area contributed by atoms with E-state index in [4.69, 9.17) is 107 Å². The third-order valence-corrected chi connectivity index (χ3v) is 19.3. The maximum atomic E-state index is 12.1. The van der Waals surface area contributed by atoms with Gasteiger partial charge in [-0.05, 0) is 182 Å². The highest BCUT2D eigenvalue weighted by atomic mass is 36.0. The monoisotopic (exact) mass is 1950 g/mol. The molecule has 0 radical (unpaired) electrons. The maximum absolute atomic E-state index is 12.1. The molecule has 8 N–H and O–H groups in total. The summed E-state index contributed by atoms with van der Waals surface area (Å²) < 4.78 is 25.8. The van der Waals surface area contributed by atoms with E-state index in [1.165, 1.54) is 55.6 Å². The van der Waals surface area contributed by atoms with Gasteiger partial charge in [-0.1, -0.05) is 179 Å². The molecule has 2 fully saturated rings. The van der Waals surface area contributed by atoms with E-state index in [1.54, 1.807) is 54.0 Å². The van der Waals surface area contributed by atoms with E-state index in [1.807, 2.05) is 156 Å². The molecule has 42 heteroatoms. The largest absolute Gasteiger partial charge is 0.457 e. The summed E-state index contributed by atoms with van der Waals surface area (Å²) in [5.74, 6) is 7.69. The first-order valence-corrected chi connectivity index (χ1v) is 45.5. The van der Waals surface area contributed by atoms with E-state index < -0.39 is 16.7 Å². The number of aromatic amines is 1. The number of amides is 2. The number of aromatic nitrogens is 12. The first kappa shape index (κ1) is 101. The van der Waals surface area contributed by atoms with E-state index in [2.05, 4.69) is 156 Å². The van der Waals surface area contributed by atoms with Crippen LogP contribution in [-0.2, 0) is 44.5 Å². The number of fused-ring (bicyclic) bond motifs is 9. The molecule has 17 rings (SSSR count). The standard InChI is InChI=1S/C21H21ClN6.C16H10Cl2N4.C16H11ClN4O.C9H7ClN2O2.C8H10N2O.C7H5ClN2.C5H12N2.C2H3ClO2.CH4NP.Cl3OP/c1-26-9-11-27(12-10-26)21-23-18-8-7-16(22)14-17(18)20-24-19(25-28(20)21)13-15-5-3-2-4-6-15;17-11-6-7-13-12(9-11)15-20-14(21-22(15)16(18)19-13)8-10-4-2-1-3-5-10;17-11-6-7-13-12(9-11)15-19-14(20-21(15)16(22)18-13)8-10-4-2-1-3-5-10;1-14-9(13)12-8-3-2-7(10)4-6(8)5-11;9-10-8(11)6-7-4-2-1-3-5-7;8-6-1-2-7(10)5(3-6)4-9;1-7-4-2-6-3-5-7;1-5-2(3)4;1-2-3;1-5(2,3)4/h2-8,14H,9-13H2,1H3;1-7,9H,8H2;1-7,9H,8H2,(H,18,22);2-4H,1H3,(H,12,13);1-5H,6,9H2,(H,10,11);1-3H,10H2;6H,2-5H2,1H3;1H3;3H,1H3;. The summed E-state index contributed by atoms with van der Waals surface area (Å²) in [6.45, 7) is 8.60. The number of ether oxygens (including phenoxy) is 2. The lowest BCUT2D eigenvalue weighted by molar-refractivity contribution is -0.120. The normalized spacial score (nSPS) is 12.1. The topological polar surface area (TPSA) is 394 Å². The smallest absolute Gasteiger partial charge is 0.411 e. The Labute approximate surface area is 781 Å². The van der Waals surface area contributed by atoms with Crippen molar-refractivity contribution in [3.05, 3.63) is 304 Å². The zero-order chi connectivity index (χ0) is 92.1. The van der Waals surface area contributed by atoms with Gasteiger partial charge in [0.2, 0.25) is 17.1 Å². The molecule has 2 aliphatic heterocycles. The van der Waals surface area contributed by atoms with Crippen LogP contribution in [0.1, 0.15) is 50.9 Å². The summed E-state index contributed by atoms with van der Waals surface area (Å²) in [4.78, 5) is 76.0. The Hall–Kier alpha value is -10.9. The molecule has 0 unspecified atom stereocenters. The Kier molecular flexibility index (Phi) is 41.4. The highest BCUT2D eigenvalue weighted by Crippen LogP contribution is 2.61. The molecule has 2 amide bonds. The number of hydrogen-bond donors (Lipinski definition) is 6. The van der Waals surface area contributed by atoms with Gasteiger partial charge >= 0.3 is 22.4 Å². The molecule has 30 nitrogen and oxygen atoms in total. The number of halogens is 10. The van der Waals surface area contributed by atoms with Gasteiger partial charge in [0.1, 0.15) is 12.1 Å². The van der Waals surface area contributed by atoms with Crippen molar-refractivity contribution in [2.75, 3.05) is 104 Å². The summed E-state index contributed by atoms with van der Waals surface area (Å²) >= 11 is 54.3. The predicted octanol–water partition coefficient (Wildman–Crippen LogP) is 18.9. The molecule has 2 aliphatic rings. The van der Waals surface area contributed by atoms with Crippen LogP contribution in [0.4, 0.5) is 26.9 Å². The van der Waals surface area contributed by atoms with Gasteiger partial charge in [-0.3, -0.25) is 24.8 Å². The number of carbonyl (C=O) groups excluding carboxylic acids is 3. The minimum Gasteiger partial charge on any atom is -0.457 e. The number of hydrazine groups is 1. The van der Waals surface area contributed by atoms with Gasteiger partial charge in [0.05, 0.1) is 54.0 Å². The third-order valence-electron chi connectivity index (χ3n) is 17.7. The van der Waals surface area contributed by atoms with E-state index in [0.717, 1.165) is 101 Å². The van der Waals surface area contributed by atoms with Crippen molar-refractivity contribution in [2.45, 2.75) is 25.7 Å². The van der Waals surface area contributed by atoms with Crippen molar-refractivity contribution >= 4 is 214 Å². The van der Waals surface area contributed by atoms with Crippen LogP contribution in [0.2, 0.25) is 30.4 Å². The van der Waals surface area contributed by atoms with Crippen LogP contribution in [0, 0.1) is 22.7 Å². The molecular formula is C85H83Cl10N23O7P2. The number of nitriles is 2. The van der Waals surface area contributed by atoms with Crippen molar-refractivity contribution in [3.63, 3.8) is 0 Å². The predicted molar refractivity (Wildman–Crippen MR) is 511 cm³/mol. The minimum absolute atomic E-state index is 0.170. The zero-order valence-corrected chi connectivity index (χ0v) is 78.0. The molecule has 0 saturated carbocycles. The van der Waals surface area contributed by atoms with Gasteiger partial charge in [0.25, 0.3) is 0 Å². The molecule has 6 aromatic heterocycles. The van der Waals surface area contributed by atoms with Crippen molar-refractivity contribution in [1.29, 1.82) is 10.5 Å². The fourth-order valence-electron chi connectivity index (χ4n) is 11.7. The van der Waals surface area contributed by atoms with Crippen LogP contribution >= 0.6 is 129 Å². The molecule has 0 spiro atoms. The Morgan fingerprint density at radius 2 is 0.929 bits per heavy atom. The van der Waals surface area contributed by atoms with Crippen molar-refractivity contribution in [3.8, 4) is 12.1 Å². The second-order valence-corrected chi connectivity index (χ2v) is 36.8. The van der Waals surface area contributed by atoms with E-state index in [-0.39, 0.29) is 16.9 Å². The van der Waals surface area contributed by atoms with Gasteiger partial charge in [-0.25, -0.2) is 45.1 Å². The van der Waals surface area contributed by atoms with Crippen LogP contribution in [0.3, 0.4) is 0 Å². The van der Waals surface area contributed by atoms with Crippen LogP contribution in [0.5, 0.6) is 0 Å². The number of nitrogens with one attached hydrogen (secondary N) is 4. The number of piperazine rings is 2. The molecule has 15 aromatic rings. The molecule has 2 saturated heterocycles. The Balaban J connectivity index is 0.000000185. The Bertz CT molecular complexity index is 6380. The maximum Gasteiger partial charge on any atom is 0.411 e. The van der Waals surface area contributed by atoms with E-state index >= 15 is 0 Å². The number of likely N-dealkylation sites (N-methyl/N-ethyl adjacent to an activating group) is 2. The number of H-pyrrole nitrogens is 1. The molecule has 127 heavy (non-hydrogen) atoms. The minimum atomic E-state index is -3.22. The van der Waals surface area contributed by atoms with Gasteiger partial charge in [-0.15, -0.1) is 15.3 Å². The summed E-state index contributed by atoms with van der Waals surface area (Å²) in [6, 6.07) is 69.4. The number of nitrogen functional groups attached to an aromatic ring is 1. The molecular weight excluding hydrogens is 1870 g/mol. The fourth-order valence-corrected chi connectivity index (χ4v) is 12.8. The number of nitrogens with zero attached hydrogens (tertiary/aromatic N) is 17. The van der Waals surface area contributed by atoms with E-state index in [9.17, 15) is 23.7 Å². The van der Waals surface area contributed by atoms with Crippen LogP contribution in [0.25, 0.3) is 49.7 Å². The number of anilines is 3. The molecule has 0 atom stereocenters. The quantitative estimate of drug-likeness (QED) is 0.0141. The summed E-state index contributed by atoms with van der Waals surface area (Å²) in [7, 11) is 11.2. The highest BCUT2D eigenvalue weighted by Gasteiger charge is 2.23. The number of methoxy groups -OCH3 is 2. The summed E-state index contributed by atoms with van der Waals surface area (Å²) in [6.07, 6.45) is 1.62. The molecule has 660 valence electrons. The van der Waals surface area contributed by atoms with E-state index in [0.29, 0.717) is 102 Å². The number of nitrogens with two attached hydrogens (primary N) is 2. The van der Waals surface area contributed by atoms with Crippen LogP contribution in [0.15, 0.2) is 222 Å². The first-order chi connectivity index (χ1) is 60.9. The summed E-state index contributed by atoms with van der Waals surface area (Å²) in [5, 5.41) is 38.9. The van der Waals surface area contributed by atoms with Gasteiger partial charge < -0.3 is 40.2 Å². The lowest BCUT2D eigenvalue weighted by Gasteiger charge is -2.33. The first-order valence-electron chi connectivity index (χ1n) is 38.0. The van der Waals surface area contributed by atoms with Crippen LogP contribution in [-0.4, -0.2) is 174 Å². The average Bonchev–Trinajstić information content (AvgIpc) is 1.66. The number of rotatable bonds is 10. The number of benzene rings is 9. The lowest BCUT2D eigenvalue weighted by Crippen LogP contribution is -2.45. The third kappa shape index (κ3) is 33.3. The Morgan fingerprint density at radius 1 is 0.535 bits per heavy atom. The molecule has 8 heterocycles. The van der Waals surface area contributed by atoms with Crippen molar-refractivity contribution < 1.29 is 28.4 Å². The molecule has 9 aromatic carbocycles. The van der Waals surface area contributed by atoms with Crippen molar-refractivity contribution in [2.24, 2.45) is 10.6 Å². The van der Waals surface area contributed by atoms with Gasteiger partial charge in [0.15, 0.2) is 34.4 Å². The van der Waals surface area contributed by atoms with Gasteiger partial charge in [-0.2, -0.15) is 24.1 Å².